The van der Waals surface area contributed by atoms with Crippen LogP contribution in [0.5, 0.6) is 0 Å². The molecule has 0 radical (unpaired) electrons. The minimum Gasteiger partial charge on any atom is -0.467 e. The number of alkyl halides is 3. The van der Waals surface area contributed by atoms with Crippen molar-refractivity contribution >= 4 is 11.7 Å². The number of nitrogens with one attached hydrogen (secondary N) is 3. The Morgan fingerprint density at radius 3 is 2.86 bits per heavy atom. The molecule has 158 valence electrons. The van der Waals surface area contributed by atoms with Crippen molar-refractivity contribution in [2.24, 2.45) is 0 Å². The Hall–Kier alpha value is -2.53. The fourth-order valence-electron chi connectivity index (χ4n) is 3.76. The summed E-state index contributed by atoms with van der Waals surface area (Å²) in [6.07, 6.45) is -2.18. The maximum Gasteiger partial charge on any atom is 0.410 e. The van der Waals surface area contributed by atoms with Crippen LogP contribution in [0.25, 0.3) is 0 Å². The number of ether oxygens (including phenoxy) is 1. The van der Waals surface area contributed by atoms with Gasteiger partial charge in [-0.15, -0.1) is 0 Å². The van der Waals surface area contributed by atoms with Crippen LogP contribution in [0.3, 0.4) is 0 Å². The van der Waals surface area contributed by atoms with Crippen LogP contribution in [-0.4, -0.2) is 61.3 Å². The molecule has 1 saturated heterocycles. The van der Waals surface area contributed by atoms with E-state index >= 15 is 0 Å². The predicted octanol–water partition coefficient (Wildman–Crippen LogP) is 0.781. The summed E-state index contributed by atoms with van der Waals surface area (Å²) < 4.78 is 52.3. The van der Waals surface area contributed by atoms with Gasteiger partial charge < -0.3 is 24.7 Å². The lowest BCUT2D eigenvalue weighted by atomic mass is 10.0. The summed E-state index contributed by atoms with van der Waals surface area (Å²) >= 11 is 0. The SMILES string of the molecule is O=C(NCC[NH+]1CCOCC1)c1cnn2c1N[C@H](c1ccco1)C[C@@H]2C(F)(F)F. The Kier molecular flexibility index (Phi) is 5.50. The fraction of sp³-hybridized carbons (Fsp3) is 0.556. The second-order valence-electron chi connectivity index (χ2n) is 7.23. The number of rotatable bonds is 5. The van der Waals surface area contributed by atoms with E-state index in [1.54, 1.807) is 12.1 Å². The van der Waals surface area contributed by atoms with E-state index < -0.39 is 24.2 Å². The summed E-state index contributed by atoms with van der Waals surface area (Å²) in [6, 6.07) is 0.688. The van der Waals surface area contributed by atoms with Gasteiger partial charge >= 0.3 is 6.18 Å². The summed E-state index contributed by atoms with van der Waals surface area (Å²) in [5, 5.41) is 9.64. The summed E-state index contributed by atoms with van der Waals surface area (Å²) in [4.78, 5) is 13.9. The number of furan rings is 1. The Bertz CT molecular complexity index is 830. The molecule has 2 aromatic rings. The number of quaternary nitrogens is 1. The standard InChI is InChI=1S/C18H22F3N5O3/c19-18(20,21)15-10-13(14-2-1-7-29-14)24-16-12(11-23-26(15)16)17(27)22-3-4-25-5-8-28-9-6-25/h1-2,7,11,13,15,24H,3-6,8-10H2,(H,22,27)/p+1/t13-,15+/m0/s1. The molecule has 0 bridgehead atoms. The van der Waals surface area contributed by atoms with E-state index in [0.29, 0.717) is 25.5 Å². The van der Waals surface area contributed by atoms with Crippen molar-refractivity contribution in [1.29, 1.82) is 0 Å². The zero-order valence-corrected chi connectivity index (χ0v) is 15.7. The van der Waals surface area contributed by atoms with Crippen molar-refractivity contribution in [3.05, 3.63) is 35.9 Å². The van der Waals surface area contributed by atoms with Crippen molar-refractivity contribution in [2.45, 2.75) is 24.7 Å². The maximum absolute atomic E-state index is 13.6. The molecular weight excluding hydrogens is 391 g/mol. The molecule has 1 fully saturated rings. The van der Waals surface area contributed by atoms with Crippen LogP contribution in [0.1, 0.15) is 34.6 Å². The number of hydrogen-bond acceptors (Lipinski definition) is 5. The lowest BCUT2D eigenvalue weighted by Gasteiger charge is -2.32. The highest BCUT2D eigenvalue weighted by atomic mass is 19.4. The number of anilines is 1. The van der Waals surface area contributed by atoms with Gasteiger partial charge in [-0.2, -0.15) is 18.3 Å². The van der Waals surface area contributed by atoms with Crippen LogP contribution >= 0.6 is 0 Å². The van der Waals surface area contributed by atoms with Gasteiger partial charge in [0.05, 0.1) is 44.8 Å². The molecule has 0 aliphatic carbocycles. The molecule has 2 aromatic heterocycles. The van der Waals surface area contributed by atoms with Gasteiger partial charge in [-0.25, -0.2) is 4.68 Å². The topological polar surface area (TPSA) is 85.8 Å². The van der Waals surface area contributed by atoms with Crippen molar-refractivity contribution in [3.63, 3.8) is 0 Å². The van der Waals surface area contributed by atoms with Crippen molar-refractivity contribution in [1.82, 2.24) is 15.1 Å². The number of nitrogens with zero attached hydrogens (tertiary/aromatic N) is 2. The minimum absolute atomic E-state index is 0.0520. The average Bonchev–Trinajstić information content (AvgIpc) is 3.37. The van der Waals surface area contributed by atoms with E-state index in [1.165, 1.54) is 17.4 Å². The van der Waals surface area contributed by atoms with Crippen molar-refractivity contribution in [3.8, 4) is 0 Å². The van der Waals surface area contributed by atoms with Gasteiger partial charge in [0.2, 0.25) is 0 Å². The van der Waals surface area contributed by atoms with E-state index in [1.807, 2.05) is 0 Å². The van der Waals surface area contributed by atoms with Crippen molar-refractivity contribution in [2.75, 3.05) is 44.7 Å². The molecular formula is C18H23F3N5O3+. The predicted molar refractivity (Wildman–Crippen MR) is 95.7 cm³/mol. The molecule has 2 aliphatic rings. The number of carbonyl (C=O) groups is 1. The summed E-state index contributed by atoms with van der Waals surface area (Å²) in [7, 11) is 0. The maximum atomic E-state index is 13.6. The Morgan fingerprint density at radius 1 is 1.38 bits per heavy atom. The van der Waals surface area contributed by atoms with Gasteiger partial charge in [-0.1, -0.05) is 0 Å². The molecule has 0 saturated carbocycles. The Balaban J connectivity index is 1.49. The third-order valence-corrected chi connectivity index (χ3v) is 5.33. The molecule has 11 heteroatoms. The van der Waals surface area contributed by atoms with Crippen molar-refractivity contribution < 1.29 is 32.0 Å². The van der Waals surface area contributed by atoms with Crippen LogP contribution in [0.2, 0.25) is 0 Å². The number of hydrogen-bond donors (Lipinski definition) is 3. The molecule has 3 N–H and O–H groups in total. The van der Waals surface area contributed by atoms with Crippen LogP contribution in [0.4, 0.5) is 19.0 Å². The van der Waals surface area contributed by atoms with Crippen LogP contribution < -0.4 is 15.5 Å². The number of amides is 1. The highest BCUT2D eigenvalue weighted by molar-refractivity contribution is 5.98. The van der Waals surface area contributed by atoms with Crippen LogP contribution in [0.15, 0.2) is 29.0 Å². The zero-order valence-electron chi connectivity index (χ0n) is 15.7. The lowest BCUT2D eigenvalue weighted by Crippen LogP contribution is -3.14. The van der Waals surface area contributed by atoms with Gasteiger partial charge in [-0.3, -0.25) is 4.79 Å². The second-order valence-corrected chi connectivity index (χ2v) is 7.23. The van der Waals surface area contributed by atoms with E-state index in [2.05, 4.69) is 15.7 Å². The molecule has 4 heterocycles. The molecule has 8 nitrogen and oxygen atoms in total. The number of fused-ring (bicyclic) bond motifs is 1. The molecule has 4 rings (SSSR count). The normalized spacial score (nSPS) is 22.7. The van der Waals surface area contributed by atoms with Gasteiger partial charge in [0.25, 0.3) is 5.91 Å². The monoisotopic (exact) mass is 414 g/mol. The van der Waals surface area contributed by atoms with E-state index in [9.17, 15) is 18.0 Å². The first kappa shape index (κ1) is 19.8. The van der Waals surface area contributed by atoms with E-state index in [-0.39, 0.29) is 17.8 Å². The van der Waals surface area contributed by atoms with Gasteiger partial charge in [-0.05, 0) is 12.1 Å². The number of carbonyl (C=O) groups excluding carboxylic acids is 1. The summed E-state index contributed by atoms with van der Waals surface area (Å²) in [6.45, 7) is 4.28. The first-order valence-corrected chi connectivity index (χ1v) is 9.57. The molecule has 0 spiro atoms. The molecule has 0 aromatic carbocycles. The van der Waals surface area contributed by atoms with E-state index in [0.717, 1.165) is 24.3 Å². The first-order chi connectivity index (χ1) is 13.9. The van der Waals surface area contributed by atoms with Crippen LogP contribution in [0, 0.1) is 0 Å². The van der Waals surface area contributed by atoms with Gasteiger partial charge in [0.1, 0.15) is 30.2 Å². The number of halogens is 3. The minimum atomic E-state index is -4.50. The Labute approximate surface area is 165 Å². The van der Waals surface area contributed by atoms with E-state index in [4.69, 9.17) is 9.15 Å². The zero-order chi connectivity index (χ0) is 20.4. The largest absolute Gasteiger partial charge is 0.467 e. The molecule has 29 heavy (non-hydrogen) atoms. The second kappa shape index (κ2) is 8.07. The molecule has 2 aliphatic heterocycles. The highest BCUT2D eigenvalue weighted by Gasteiger charge is 2.47. The third-order valence-electron chi connectivity index (χ3n) is 5.33. The molecule has 0 unspecified atom stereocenters. The fourth-order valence-corrected chi connectivity index (χ4v) is 3.76. The third kappa shape index (κ3) is 4.25. The smallest absolute Gasteiger partial charge is 0.410 e. The average molecular weight is 414 g/mol. The first-order valence-electron chi connectivity index (χ1n) is 9.57. The number of aromatic nitrogens is 2. The Morgan fingerprint density at radius 2 is 2.17 bits per heavy atom. The summed E-state index contributed by atoms with van der Waals surface area (Å²) in [5.41, 5.74) is 0.0903. The van der Waals surface area contributed by atoms with Gasteiger partial charge in [0.15, 0.2) is 6.04 Å². The molecule has 2 atom stereocenters. The number of morpholine rings is 1. The highest BCUT2D eigenvalue weighted by Crippen LogP contribution is 2.44. The molecule has 1 amide bonds. The van der Waals surface area contributed by atoms with Crippen LogP contribution in [-0.2, 0) is 4.74 Å². The quantitative estimate of drug-likeness (QED) is 0.674. The summed E-state index contributed by atoms with van der Waals surface area (Å²) in [5.74, 6) is -0.0161. The lowest BCUT2D eigenvalue weighted by molar-refractivity contribution is -0.906. The van der Waals surface area contributed by atoms with Gasteiger partial charge in [0, 0.05) is 6.42 Å².